The van der Waals surface area contributed by atoms with Crippen LogP contribution in [0.2, 0.25) is 0 Å². The Balaban J connectivity index is 1.67. The summed E-state index contributed by atoms with van der Waals surface area (Å²) in [6.07, 6.45) is 3.80. The van der Waals surface area contributed by atoms with Gasteiger partial charge in [0.25, 0.3) is 5.91 Å². The molecule has 1 atom stereocenters. The molecule has 2 heterocycles. The Kier molecular flexibility index (Phi) is 5.28. The zero-order valence-corrected chi connectivity index (χ0v) is 14.1. The average Bonchev–Trinajstić information content (AvgIpc) is 3.26. The number of thioether (sulfide) groups is 1. The lowest BCUT2D eigenvalue weighted by molar-refractivity contribution is 0.0749. The molecule has 0 spiro atoms. The van der Waals surface area contributed by atoms with Crippen LogP contribution in [0.5, 0.6) is 5.75 Å². The van der Waals surface area contributed by atoms with Crippen LogP contribution in [0.1, 0.15) is 41.3 Å². The lowest BCUT2D eigenvalue weighted by Crippen LogP contribution is -2.30. The van der Waals surface area contributed by atoms with E-state index in [1.807, 2.05) is 41.3 Å². The fourth-order valence-electron chi connectivity index (χ4n) is 2.54. The van der Waals surface area contributed by atoms with Gasteiger partial charge in [0.15, 0.2) is 0 Å². The van der Waals surface area contributed by atoms with E-state index in [1.54, 1.807) is 18.0 Å². The van der Waals surface area contributed by atoms with Gasteiger partial charge in [0.05, 0.1) is 12.9 Å². The van der Waals surface area contributed by atoms with Gasteiger partial charge in [-0.25, -0.2) is 0 Å². The number of furan rings is 1. The van der Waals surface area contributed by atoms with Gasteiger partial charge in [0.2, 0.25) is 0 Å². The number of carbonyl (C=O) groups is 1. The van der Waals surface area contributed by atoms with E-state index in [-0.39, 0.29) is 11.3 Å². The van der Waals surface area contributed by atoms with Crippen LogP contribution in [0, 0.1) is 0 Å². The number of hydrogen-bond acceptors (Lipinski definition) is 4. The summed E-state index contributed by atoms with van der Waals surface area (Å²) >= 11 is 1.73. The number of unbranched alkanes of at least 4 members (excludes halogenated alkanes) is 1. The van der Waals surface area contributed by atoms with Crippen LogP contribution < -0.4 is 4.74 Å². The third-order valence-corrected chi connectivity index (χ3v) is 5.03. The number of carbonyl (C=O) groups excluding carboxylic acids is 1. The first kappa shape index (κ1) is 16.0. The van der Waals surface area contributed by atoms with Crippen molar-refractivity contribution >= 4 is 17.7 Å². The first-order valence-electron chi connectivity index (χ1n) is 7.98. The van der Waals surface area contributed by atoms with Gasteiger partial charge in [-0.15, -0.1) is 11.8 Å². The summed E-state index contributed by atoms with van der Waals surface area (Å²) in [5, 5.41) is -0.0296. The Morgan fingerprint density at radius 1 is 1.35 bits per heavy atom. The zero-order valence-electron chi connectivity index (χ0n) is 13.2. The number of amides is 1. The molecule has 1 amide bonds. The van der Waals surface area contributed by atoms with Gasteiger partial charge >= 0.3 is 0 Å². The summed E-state index contributed by atoms with van der Waals surface area (Å²) in [5.41, 5.74) is 0.687. The molecule has 5 heteroatoms. The van der Waals surface area contributed by atoms with E-state index in [0.29, 0.717) is 12.2 Å². The maximum absolute atomic E-state index is 12.8. The molecule has 1 aliphatic heterocycles. The lowest BCUT2D eigenvalue weighted by atomic mass is 10.2. The monoisotopic (exact) mass is 331 g/mol. The topological polar surface area (TPSA) is 42.7 Å². The van der Waals surface area contributed by atoms with Crippen LogP contribution in [-0.2, 0) is 0 Å². The van der Waals surface area contributed by atoms with Crippen LogP contribution in [0.3, 0.4) is 0 Å². The molecule has 122 valence electrons. The summed E-state index contributed by atoms with van der Waals surface area (Å²) in [7, 11) is 0. The molecule has 0 N–H and O–H groups in total. The summed E-state index contributed by atoms with van der Waals surface area (Å²) in [6, 6.07) is 11.2. The summed E-state index contributed by atoms with van der Waals surface area (Å²) in [5.74, 6) is 2.61. The highest BCUT2D eigenvalue weighted by Crippen LogP contribution is 2.38. The van der Waals surface area contributed by atoms with Crippen molar-refractivity contribution in [3.8, 4) is 5.75 Å². The quantitative estimate of drug-likeness (QED) is 0.738. The molecule has 23 heavy (non-hydrogen) atoms. The number of rotatable bonds is 6. The Hall–Kier alpha value is -1.88. The second-order valence-electron chi connectivity index (χ2n) is 5.46. The number of hydrogen-bond donors (Lipinski definition) is 0. The SMILES string of the molecule is CCCCOc1ccc(C(=O)N2CCS[C@H]2c2ccco2)cc1. The molecule has 0 unspecified atom stereocenters. The van der Waals surface area contributed by atoms with Crippen molar-refractivity contribution in [1.82, 2.24) is 4.90 Å². The van der Waals surface area contributed by atoms with Crippen molar-refractivity contribution in [2.75, 3.05) is 18.9 Å². The Labute approximate surface area is 140 Å². The van der Waals surface area contributed by atoms with Gasteiger partial charge in [-0.2, -0.15) is 0 Å². The van der Waals surface area contributed by atoms with E-state index in [1.165, 1.54) is 0 Å². The predicted molar refractivity (Wildman–Crippen MR) is 91.8 cm³/mol. The van der Waals surface area contributed by atoms with E-state index in [4.69, 9.17) is 9.15 Å². The molecule has 3 rings (SSSR count). The minimum atomic E-state index is -0.0296. The van der Waals surface area contributed by atoms with Gasteiger partial charge in [-0.05, 0) is 42.8 Å². The summed E-state index contributed by atoms with van der Waals surface area (Å²) in [4.78, 5) is 14.6. The van der Waals surface area contributed by atoms with Crippen LogP contribution in [0.4, 0.5) is 0 Å². The fraction of sp³-hybridized carbons (Fsp3) is 0.389. The zero-order chi connectivity index (χ0) is 16.1. The second-order valence-corrected chi connectivity index (χ2v) is 6.65. The maximum Gasteiger partial charge on any atom is 0.255 e. The Morgan fingerprint density at radius 2 is 2.17 bits per heavy atom. The van der Waals surface area contributed by atoms with E-state index < -0.39 is 0 Å². The number of benzene rings is 1. The molecule has 1 aliphatic rings. The second kappa shape index (κ2) is 7.59. The van der Waals surface area contributed by atoms with Crippen LogP contribution in [0.15, 0.2) is 47.1 Å². The van der Waals surface area contributed by atoms with Gasteiger partial charge < -0.3 is 14.1 Å². The smallest absolute Gasteiger partial charge is 0.255 e. The molecule has 0 aliphatic carbocycles. The van der Waals surface area contributed by atoms with E-state index in [0.717, 1.165) is 36.6 Å². The highest BCUT2D eigenvalue weighted by molar-refractivity contribution is 7.99. The molecule has 0 saturated carbocycles. The Morgan fingerprint density at radius 3 is 2.87 bits per heavy atom. The first-order valence-corrected chi connectivity index (χ1v) is 9.03. The van der Waals surface area contributed by atoms with E-state index >= 15 is 0 Å². The average molecular weight is 331 g/mol. The Bertz CT molecular complexity index is 624. The van der Waals surface area contributed by atoms with Crippen molar-refractivity contribution < 1.29 is 13.9 Å². The molecule has 1 fully saturated rings. The molecule has 1 aromatic heterocycles. The van der Waals surface area contributed by atoms with Crippen LogP contribution >= 0.6 is 11.8 Å². The third kappa shape index (κ3) is 3.72. The minimum absolute atomic E-state index is 0.0296. The fourth-order valence-corrected chi connectivity index (χ4v) is 3.74. The lowest BCUT2D eigenvalue weighted by Gasteiger charge is -2.22. The molecule has 1 saturated heterocycles. The van der Waals surface area contributed by atoms with Crippen molar-refractivity contribution in [2.45, 2.75) is 25.1 Å². The molecule has 2 aromatic rings. The molecule has 0 radical (unpaired) electrons. The van der Waals surface area contributed by atoms with Gasteiger partial charge in [0, 0.05) is 17.9 Å². The van der Waals surface area contributed by atoms with Gasteiger partial charge in [-0.3, -0.25) is 4.79 Å². The van der Waals surface area contributed by atoms with Crippen molar-refractivity contribution in [3.63, 3.8) is 0 Å². The van der Waals surface area contributed by atoms with Gasteiger partial charge in [-0.1, -0.05) is 13.3 Å². The first-order chi connectivity index (χ1) is 11.3. The molecule has 1 aromatic carbocycles. The number of ether oxygens (including phenoxy) is 1. The summed E-state index contributed by atoms with van der Waals surface area (Å²) in [6.45, 7) is 3.59. The van der Waals surface area contributed by atoms with Crippen molar-refractivity contribution in [2.24, 2.45) is 0 Å². The summed E-state index contributed by atoms with van der Waals surface area (Å²) < 4.78 is 11.1. The maximum atomic E-state index is 12.8. The van der Waals surface area contributed by atoms with Gasteiger partial charge in [0.1, 0.15) is 16.9 Å². The standard InChI is InChI=1S/C18H21NO3S/c1-2-3-11-21-15-8-6-14(7-9-15)17(20)19-10-13-23-18(19)16-5-4-12-22-16/h4-9,12,18H,2-3,10-11,13H2,1H3/t18-/m0/s1. The van der Waals surface area contributed by atoms with Crippen molar-refractivity contribution in [3.05, 3.63) is 54.0 Å². The molecular weight excluding hydrogens is 310 g/mol. The molecular formula is C18H21NO3S. The van der Waals surface area contributed by atoms with E-state index in [9.17, 15) is 4.79 Å². The van der Waals surface area contributed by atoms with E-state index in [2.05, 4.69) is 6.92 Å². The van der Waals surface area contributed by atoms with Crippen LogP contribution in [-0.4, -0.2) is 29.7 Å². The predicted octanol–water partition coefficient (Wildman–Crippen LogP) is 4.35. The largest absolute Gasteiger partial charge is 0.494 e. The minimum Gasteiger partial charge on any atom is -0.494 e. The van der Waals surface area contributed by atoms with Crippen LogP contribution in [0.25, 0.3) is 0 Å². The highest BCUT2D eigenvalue weighted by atomic mass is 32.2. The molecule has 4 nitrogen and oxygen atoms in total. The number of nitrogens with zero attached hydrogens (tertiary/aromatic N) is 1. The molecule has 0 bridgehead atoms. The third-order valence-electron chi connectivity index (χ3n) is 3.81. The highest BCUT2D eigenvalue weighted by Gasteiger charge is 2.32. The van der Waals surface area contributed by atoms with Crippen molar-refractivity contribution in [1.29, 1.82) is 0 Å². The normalized spacial score (nSPS) is 17.4.